The first-order valence-corrected chi connectivity index (χ1v) is 9.41. The van der Waals surface area contributed by atoms with Crippen LogP contribution in [0.2, 0.25) is 5.02 Å². The molecule has 3 rings (SSSR count). The molecule has 0 amide bonds. The molecule has 0 aliphatic rings. The van der Waals surface area contributed by atoms with Crippen LogP contribution in [0.3, 0.4) is 0 Å². The molecule has 5 nitrogen and oxygen atoms in total. The SMILES string of the molecule is COc1cc(/C=N\OCc2nc3ccccc3c(C)c2Cl)ccc1OC(C)C. The summed E-state index contributed by atoms with van der Waals surface area (Å²) in [6.07, 6.45) is 1.68. The molecule has 0 unspecified atom stereocenters. The Morgan fingerprint density at radius 1 is 1.14 bits per heavy atom. The predicted molar refractivity (Wildman–Crippen MR) is 113 cm³/mol. The molecule has 0 bridgehead atoms. The number of hydrogen-bond acceptors (Lipinski definition) is 5. The van der Waals surface area contributed by atoms with Gasteiger partial charge in [-0.25, -0.2) is 4.98 Å². The number of hydrogen-bond donors (Lipinski definition) is 0. The van der Waals surface area contributed by atoms with Gasteiger partial charge in [0.1, 0.15) is 5.69 Å². The van der Waals surface area contributed by atoms with Crippen molar-refractivity contribution < 1.29 is 14.3 Å². The maximum atomic E-state index is 6.44. The second-order valence-electron chi connectivity index (χ2n) is 6.60. The molecule has 28 heavy (non-hydrogen) atoms. The third-order valence-electron chi connectivity index (χ3n) is 4.17. The van der Waals surface area contributed by atoms with E-state index in [0.717, 1.165) is 22.0 Å². The van der Waals surface area contributed by atoms with Crippen LogP contribution in [-0.2, 0) is 11.4 Å². The molecule has 6 heteroatoms. The van der Waals surface area contributed by atoms with Gasteiger partial charge in [-0.3, -0.25) is 0 Å². The number of para-hydroxylation sites is 1. The van der Waals surface area contributed by atoms with E-state index >= 15 is 0 Å². The van der Waals surface area contributed by atoms with E-state index < -0.39 is 0 Å². The molecular formula is C22H23ClN2O3. The summed E-state index contributed by atoms with van der Waals surface area (Å²) in [5.74, 6) is 1.34. The smallest absolute Gasteiger partial charge is 0.161 e. The molecule has 1 aromatic heterocycles. The molecule has 146 valence electrons. The lowest BCUT2D eigenvalue weighted by molar-refractivity contribution is 0.129. The van der Waals surface area contributed by atoms with Gasteiger partial charge in [0, 0.05) is 10.9 Å². The van der Waals surface area contributed by atoms with Crippen LogP contribution in [0.4, 0.5) is 0 Å². The number of rotatable bonds is 7. The van der Waals surface area contributed by atoms with Crippen LogP contribution in [0.25, 0.3) is 10.9 Å². The Hall–Kier alpha value is -2.79. The van der Waals surface area contributed by atoms with Crippen molar-refractivity contribution in [2.24, 2.45) is 5.16 Å². The number of halogens is 1. The van der Waals surface area contributed by atoms with Gasteiger partial charge >= 0.3 is 0 Å². The number of nitrogens with zero attached hydrogens (tertiary/aromatic N) is 2. The van der Waals surface area contributed by atoms with Gasteiger partial charge in [-0.05, 0) is 50.6 Å². The molecule has 2 aromatic carbocycles. The lowest BCUT2D eigenvalue weighted by Crippen LogP contribution is -2.06. The highest BCUT2D eigenvalue weighted by molar-refractivity contribution is 6.32. The van der Waals surface area contributed by atoms with Crippen LogP contribution >= 0.6 is 11.6 Å². The van der Waals surface area contributed by atoms with E-state index in [2.05, 4.69) is 10.1 Å². The number of methoxy groups -OCH3 is 1. The number of aromatic nitrogens is 1. The van der Waals surface area contributed by atoms with Crippen molar-refractivity contribution in [1.29, 1.82) is 0 Å². The highest BCUT2D eigenvalue weighted by atomic mass is 35.5. The zero-order valence-electron chi connectivity index (χ0n) is 16.4. The summed E-state index contributed by atoms with van der Waals surface area (Å²) in [4.78, 5) is 10.0. The van der Waals surface area contributed by atoms with Crippen molar-refractivity contribution in [1.82, 2.24) is 4.98 Å². The van der Waals surface area contributed by atoms with E-state index in [1.165, 1.54) is 0 Å². The molecule has 0 radical (unpaired) electrons. The van der Waals surface area contributed by atoms with Crippen molar-refractivity contribution in [3.05, 3.63) is 64.3 Å². The summed E-state index contributed by atoms with van der Waals surface area (Å²) in [6.45, 7) is 6.10. The Labute approximate surface area is 169 Å². The molecular weight excluding hydrogens is 376 g/mol. The van der Waals surface area contributed by atoms with Gasteiger partial charge in [0.15, 0.2) is 18.1 Å². The van der Waals surface area contributed by atoms with Gasteiger partial charge in [-0.1, -0.05) is 35.0 Å². The van der Waals surface area contributed by atoms with Gasteiger partial charge in [-0.15, -0.1) is 0 Å². The van der Waals surface area contributed by atoms with Gasteiger partial charge in [0.2, 0.25) is 0 Å². The minimum absolute atomic E-state index is 0.0689. The number of ether oxygens (including phenoxy) is 2. The van der Waals surface area contributed by atoms with E-state index in [1.54, 1.807) is 13.3 Å². The molecule has 0 aliphatic carbocycles. The maximum Gasteiger partial charge on any atom is 0.161 e. The molecule has 0 atom stereocenters. The molecule has 0 saturated heterocycles. The van der Waals surface area contributed by atoms with Crippen molar-refractivity contribution in [3.8, 4) is 11.5 Å². The molecule has 1 heterocycles. The topological polar surface area (TPSA) is 52.9 Å². The monoisotopic (exact) mass is 398 g/mol. The summed E-state index contributed by atoms with van der Waals surface area (Å²) in [7, 11) is 1.61. The Kier molecular flexibility index (Phi) is 6.37. The van der Waals surface area contributed by atoms with Crippen molar-refractivity contribution in [3.63, 3.8) is 0 Å². The van der Waals surface area contributed by atoms with Crippen molar-refractivity contribution in [2.75, 3.05) is 7.11 Å². The summed E-state index contributed by atoms with van der Waals surface area (Å²) >= 11 is 6.44. The van der Waals surface area contributed by atoms with Crippen LogP contribution in [-0.4, -0.2) is 24.4 Å². The van der Waals surface area contributed by atoms with Crippen LogP contribution in [0.1, 0.15) is 30.7 Å². The third-order valence-corrected chi connectivity index (χ3v) is 4.68. The first kappa shape index (κ1) is 20.0. The molecule has 0 fully saturated rings. The van der Waals surface area contributed by atoms with Gasteiger partial charge in [0.25, 0.3) is 0 Å². The number of oxime groups is 1. The van der Waals surface area contributed by atoms with E-state index in [0.29, 0.717) is 22.2 Å². The molecule has 3 aromatic rings. The fourth-order valence-electron chi connectivity index (χ4n) is 2.83. The lowest BCUT2D eigenvalue weighted by Gasteiger charge is -2.13. The average Bonchev–Trinajstić information content (AvgIpc) is 2.69. The number of fused-ring (bicyclic) bond motifs is 1. The molecule has 0 N–H and O–H groups in total. The van der Waals surface area contributed by atoms with E-state index in [-0.39, 0.29) is 12.7 Å². The zero-order valence-corrected chi connectivity index (χ0v) is 17.2. The van der Waals surface area contributed by atoms with Crippen molar-refractivity contribution >= 4 is 28.7 Å². The number of aryl methyl sites for hydroxylation is 1. The van der Waals surface area contributed by atoms with Gasteiger partial charge < -0.3 is 14.3 Å². The van der Waals surface area contributed by atoms with Crippen LogP contribution in [0.15, 0.2) is 47.6 Å². The van der Waals surface area contributed by atoms with E-state index in [9.17, 15) is 0 Å². The van der Waals surface area contributed by atoms with Crippen LogP contribution in [0.5, 0.6) is 11.5 Å². The lowest BCUT2D eigenvalue weighted by atomic mass is 10.1. The molecule has 0 aliphatic heterocycles. The van der Waals surface area contributed by atoms with Crippen LogP contribution in [0, 0.1) is 6.92 Å². The minimum atomic E-state index is 0.0689. The third kappa shape index (κ3) is 4.54. The summed E-state index contributed by atoms with van der Waals surface area (Å²) < 4.78 is 11.1. The Bertz CT molecular complexity index is 1000. The maximum absolute atomic E-state index is 6.44. The van der Waals surface area contributed by atoms with Crippen LogP contribution < -0.4 is 9.47 Å². The second kappa shape index (κ2) is 8.93. The Morgan fingerprint density at radius 2 is 1.93 bits per heavy atom. The molecule has 0 spiro atoms. The standard InChI is InChI=1S/C22H23ClN2O3/c1-14(2)28-20-10-9-16(11-21(20)26-4)12-24-27-13-19-22(23)15(3)17-7-5-6-8-18(17)25-19/h5-12,14H,13H2,1-4H3/b24-12-. The van der Waals surface area contributed by atoms with E-state index in [1.807, 2.05) is 63.2 Å². The summed E-state index contributed by atoms with van der Waals surface area (Å²) in [5, 5.41) is 5.67. The Balaban J connectivity index is 1.70. The quantitative estimate of drug-likeness (QED) is 0.387. The van der Waals surface area contributed by atoms with Gasteiger partial charge in [0.05, 0.1) is 30.0 Å². The highest BCUT2D eigenvalue weighted by Crippen LogP contribution is 2.29. The first-order valence-electron chi connectivity index (χ1n) is 9.03. The fourth-order valence-corrected chi connectivity index (χ4v) is 3.02. The van der Waals surface area contributed by atoms with E-state index in [4.69, 9.17) is 25.9 Å². The Morgan fingerprint density at radius 3 is 2.68 bits per heavy atom. The summed E-state index contributed by atoms with van der Waals surface area (Å²) in [5.41, 5.74) is 3.37. The number of benzene rings is 2. The average molecular weight is 399 g/mol. The molecule has 0 saturated carbocycles. The van der Waals surface area contributed by atoms with Crippen molar-refractivity contribution in [2.45, 2.75) is 33.5 Å². The normalized spacial score (nSPS) is 11.4. The second-order valence-corrected chi connectivity index (χ2v) is 6.98. The largest absolute Gasteiger partial charge is 0.493 e. The minimum Gasteiger partial charge on any atom is -0.493 e. The zero-order chi connectivity index (χ0) is 20.1. The fraction of sp³-hybridized carbons (Fsp3) is 0.273. The predicted octanol–water partition coefficient (Wildman–Crippen LogP) is 5.54. The first-order chi connectivity index (χ1) is 13.5. The van der Waals surface area contributed by atoms with Gasteiger partial charge in [-0.2, -0.15) is 0 Å². The number of pyridine rings is 1. The highest BCUT2D eigenvalue weighted by Gasteiger charge is 2.10. The summed E-state index contributed by atoms with van der Waals surface area (Å²) in [6, 6.07) is 13.5.